The second kappa shape index (κ2) is 5.70. The van der Waals surface area contributed by atoms with E-state index in [0.717, 1.165) is 6.07 Å². The van der Waals surface area contributed by atoms with Gasteiger partial charge in [0.05, 0.1) is 20.0 Å². The van der Waals surface area contributed by atoms with Gasteiger partial charge in [0, 0.05) is 12.1 Å². The number of aromatic hydroxyl groups is 1. The molecule has 0 radical (unpaired) electrons. The third-order valence-corrected chi connectivity index (χ3v) is 4.55. The van der Waals surface area contributed by atoms with Crippen molar-refractivity contribution in [2.24, 2.45) is 0 Å². The number of nitrogens with one attached hydrogen (secondary N) is 1. The zero-order valence-electron chi connectivity index (χ0n) is 10.4. The second-order valence-electron chi connectivity index (χ2n) is 4.03. The fourth-order valence-corrected chi connectivity index (χ4v) is 3.02. The number of anilines is 1. The van der Waals surface area contributed by atoms with Crippen LogP contribution in [0.25, 0.3) is 0 Å². The van der Waals surface area contributed by atoms with E-state index in [1.54, 1.807) is 0 Å². The van der Waals surface area contributed by atoms with Crippen LogP contribution in [0.15, 0.2) is 51.8 Å². The van der Waals surface area contributed by atoms with Crippen LogP contribution in [0.4, 0.5) is 11.4 Å². The first kappa shape index (κ1) is 15.3. The van der Waals surface area contributed by atoms with Crippen molar-refractivity contribution in [1.29, 1.82) is 0 Å². The first-order valence-corrected chi connectivity index (χ1v) is 7.83. The molecule has 2 aromatic rings. The Morgan fingerprint density at radius 2 is 1.90 bits per heavy atom. The molecule has 0 heterocycles. The fourth-order valence-electron chi connectivity index (χ4n) is 1.55. The minimum atomic E-state index is -3.96. The molecule has 0 fully saturated rings. The summed E-state index contributed by atoms with van der Waals surface area (Å²) in [4.78, 5) is 9.79. The number of hydrogen-bond donors (Lipinski definition) is 2. The van der Waals surface area contributed by atoms with Crippen molar-refractivity contribution < 1.29 is 18.4 Å². The summed E-state index contributed by atoms with van der Waals surface area (Å²) >= 11 is 3.07. The van der Waals surface area contributed by atoms with Gasteiger partial charge in [0.2, 0.25) is 0 Å². The van der Waals surface area contributed by atoms with E-state index in [-0.39, 0.29) is 22.0 Å². The van der Waals surface area contributed by atoms with E-state index in [4.69, 9.17) is 0 Å². The van der Waals surface area contributed by atoms with Crippen molar-refractivity contribution in [2.45, 2.75) is 4.90 Å². The molecule has 0 aromatic heterocycles. The average molecular weight is 373 g/mol. The summed E-state index contributed by atoms with van der Waals surface area (Å²) in [7, 11) is -3.96. The monoisotopic (exact) mass is 372 g/mol. The molecule has 0 saturated heterocycles. The third kappa shape index (κ3) is 3.50. The van der Waals surface area contributed by atoms with E-state index in [1.165, 1.54) is 36.4 Å². The molecular weight excluding hydrogens is 364 g/mol. The van der Waals surface area contributed by atoms with Gasteiger partial charge in [-0.15, -0.1) is 0 Å². The van der Waals surface area contributed by atoms with Crippen LogP contribution < -0.4 is 4.72 Å². The van der Waals surface area contributed by atoms with Gasteiger partial charge in [-0.2, -0.15) is 0 Å². The minimum Gasteiger partial charge on any atom is -0.507 e. The summed E-state index contributed by atoms with van der Waals surface area (Å²) in [5.41, 5.74) is -0.101. The van der Waals surface area contributed by atoms with Gasteiger partial charge in [-0.25, -0.2) is 8.42 Å². The van der Waals surface area contributed by atoms with Crippen LogP contribution in [0.2, 0.25) is 0 Å². The number of nitro groups is 1. The van der Waals surface area contributed by atoms with E-state index < -0.39 is 14.9 Å². The van der Waals surface area contributed by atoms with Crippen molar-refractivity contribution in [1.82, 2.24) is 0 Å². The van der Waals surface area contributed by atoms with Gasteiger partial charge in [-0.05, 0) is 40.2 Å². The molecule has 110 valence electrons. The largest absolute Gasteiger partial charge is 0.507 e. The number of rotatable bonds is 4. The molecule has 9 heteroatoms. The minimum absolute atomic E-state index is 0.0340. The number of phenolic OH excluding ortho intramolecular Hbond substituents is 1. The number of halogens is 1. The standard InChI is InChI=1S/C12H9BrN2O5S/c13-11-6-8(4-5-12(11)16)14-21(19,20)10-3-1-2-9(7-10)15(17)18/h1-7,14,16H. The zero-order valence-corrected chi connectivity index (χ0v) is 12.8. The lowest BCUT2D eigenvalue weighted by Crippen LogP contribution is -2.13. The van der Waals surface area contributed by atoms with Gasteiger partial charge in [-0.1, -0.05) is 6.07 Å². The van der Waals surface area contributed by atoms with Gasteiger partial charge in [0.15, 0.2) is 0 Å². The van der Waals surface area contributed by atoms with Gasteiger partial charge >= 0.3 is 0 Å². The van der Waals surface area contributed by atoms with Crippen LogP contribution >= 0.6 is 15.9 Å². The molecule has 0 bridgehead atoms. The van der Waals surface area contributed by atoms with Crippen LogP contribution in [0, 0.1) is 10.1 Å². The fraction of sp³-hybridized carbons (Fsp3) is 0. The Balaban J connectivity index is 2.36. The number of non-ortho nitro benzene ring substituents is 1. The maximum atomic E-state index is 12.2. The van der Waals surface area contributed by atoms with Gasteiger partial charge in [-0.3, -0.25) is 14.8 Å². The summed E-state index contributed by atoms with van der Waals surface area (Å²) in [5, 5.41) is 20.0. The SMILES string of the molecule is O=[N+]([O-])c1cccc(S(=O)(=O)Nc2ccc(O)c(Br)c2)c1. The number of nitrogens with zero attached hydrogens (tertiary/aromatic N) is 1. The average Bonchev–Trinajstić information content (AvgIpc) is 2.43. The number of nitro benzene ring substituents is 1. The number of hydrogen-bond acceptors (Lipinski definition) is 5. The number of benzene rings is 2. The molecule has 0 amide bonds. The first-order chi connectivity index (χ1) is 9.79. The van der Waals surface area contributed by atoms with E-state index in [9.17, 15) is 23.6 Å². The van der Waals surface area contributed by atoms with Crippen LogP contribution in [0.3, 0.4) is 0 Å². The summed E-state index contributed by atoms with van der Waals surface area (Å²) < 4.78 is 26.9. The highest BCUT2D eigenvalue weighted by molar-refractivity contribution is 9.10. The third-order valence-electron chi connectivity index (χ3n) is 2.54. The predicted octanol–water partition coefficient (Wildman–Crippen LogP) is 2.86. The Kier molecular flexibility index (Phi) is 4.14. The summed E-state index contributed by atoms with van der Waals surface area (Å²) in [6, 6.07) is 8.78. The molecule has 2 aromatic carbocycles. The second-order valence-corrected chi connectivity index (χ2v) is 6.56. The smallest absolute Gasteiger partial charge is 0.270 e. The lowest BCUT2D eigenvalue weighted by Gasteiger charge is -2.08. The molecule has 0 aliphatic heterocycles. The Labute approximate surface area is 128 Å². The molecule has 2 N–H and O–H groups in total. The van der Waals surface area contributed by atoms with Crippen molar-refractivity contribution >= 4 is 37.3 Å². The lowest BCUT2D eigenvalue weighted by molar-refractivity contribution is -0.385. The van der Waals surface area contributed by atoms with Crippen LogP contribution in [0.5, 0.6) is 5.75 Å². The van der Waals surface area contributed by atoms with Gasteiger partial charge < -0.3 is 5.11 Å². The number of sulfonamides is 1. The van der Waals surface area contributed by atoms with Crippen molar-refractivity contribution in [3.8, 4) is 5.75 Å². The van der Waals surface area contributed by atoms with Crippen molar-refractivity contribution in [2.75, 3.05) is 4.72 Å². The van der Waals surface area contributed by atoms with E-state index in [0.29, 0.717) is 4.47 Å². The molecule has 7 nitrogen and oxygen atoms in total. The molecule has 0 aliphatic rings. The molecule has 21 heavy (non-hydrogen) atoms. The molecule has 0 atom stereocenters. The highest BCUT2D eigenvalue weighted by atomic mass is 79.9. The summed E-state index contributed by atoms with van der Waals surface area (Å²) in [6.07, 6.45) is 0. The van der Waals surface area contributed by atoms with Crippen molar-refractivity contribution in [3.63, 3.8) is 0 Å². The van der Waals surface area contributed by atoms with E-state index in [2.05, 4.69) is 20.7 Å². The molecular formula is C12H9BrN2O5S. The normalized spacial score (nSPS) is 11.1. The van der Waals surface area contributed by atoms with E-state index in [1.807, 2.05) is 0 Å². The Bertz CT molecular complexity index is 807. The van der Waals surface area contributed by atoms with Crippen LogP contribution in [-0.4, -0.2) is 18.4 Å². The maximum Gasteiger partial charge on any atom is 0.270 e. The molecule has 0 unspecified atom stereocenters. The summed E-state index contributed by atoms with van der Waals surface area (Å²) in [5.74, 6) is -0.0340. The van der Waals surface area contributed by atoms with Crippen LogP contribution in [-0.2, 0) is 10.0 Å². The topological polar surface area (TPSA) is 110 Å². The highest BCUT2D eigenvalue weighted by Crippen LogP contribution is 2.28. The van der Waals surface area contributed by atoms with Gasteiger partial charge in [0.25, 0.3) is 15.7 Å². The molecule has 0 aliphatic carbocycles. The van der Waals surface area contributed by atoms with Gasteiger partial charge in [0.1, 0.15) is 5.75 Å². The zero-order chi connectivity index (χ0) is 15.6. The van der Waals surface area contributed by atoms with E-state index >= 15 is 0 Å². The van der Waals surface area contributed by atoms with Crippen LogP contribution in [0.1, 0.15) is 0 Å². The maximum absolute atomic E-state index is 12.2. The first-order valence-electron chi connectivity index (χ1n) is 5.55. The highest BCUT2D eigenvalue weighted by Gasteiger charge is 2.18. The molecule has 2 rings (SSSR count). The quantitative estimate of drug-likeness (QED) is 0.487. The lowest BCUT2D eigenvalue weighted by atomic mass is 10.3. The van der Waals surface area contributed by atoms with Crippen molar-refractivity contribution in [3.05, 3.63) is 57.1 Å². The predicted molar refractivity (Wildman–Crippen MR) is 79.7 cm³/mol. The molecule has 0 saturated carbocycles. The summed E-state index contributed by atoms with van der Waals surface area (Å²) in [6.45, 7) is 0. The Morgan fingerprint density at radius 3 is 2.52 bits per heavy atom. The number of phenols is 1. The Hall–Kier alpha value is -2.13. The Morgan fingerprint density at radius 1 is 1.19 bits per heavy atom. The molecule has 0 spiro atoms.